The van der Waals surface area contributed by atoms with Crippen molar-refractivity contribution in [3.05, 3.63) is 24.5 Å². The summed E-state index contributed by atoms with van der Waals surface area (Å²) in [5.41, 5.74) is 0.777. The van der Waals surface area contributed by atoms with E-state index in [1.807, 2.05) is 0 Å². The highest BCUT2D eigenvalue weighted by molar-refractivity contribution is 5.88. The summed E-state index contributed by atoms with van der Waals surface area (Å²) in [4.78, 5) is 15.7. The predicted octanol–water partition coefficient (Wildman–Crippen LogP) is 7.46. The number of unbranched alkanes of at least 4 members (excludes halogenated alkanes) is 15. The van der Waals surface area contributed by atoms with Gasteiger partial charge in [0, 0.05) is 24.6 Å². The van der Waals surface area contributed by atoms with Gasteiger partial charge in [-0.25, -0.2) is 4.79 Å². The van der Waals surface area contributed by atoms with Gasteiger partial charge in [0.25, 0.3) is 0 Å². The van der Waals surface area contributed by atoms with Crippen LogP contribution in [0.4, 0.5) is 10.5 Å². The second-order valence-corrected chi connectivity index (χ2v) is 7.92. The maximum Gasteiger partial charge on any atom is 0.319 e. The molecule has 4 heteroatoms. The van der Waals surface area contributed by atoms with E-state index in [0.29, 0.717) is 0 Å². The van der Waals surface area contributed by atoms with Crippen molar-refractivity contribution in [2.75, 3.05) is 11.9 Å². The lowest BCUT2D eigenvalue weighted by atomic mass is 10.0. The van der Waals surface area contributed by atoms with Gasteiger partial charge in [-0.05, 0) is 18.6 Å². The van der Waals surface area contributed by atoms with Crippen LogP contribution in [0.25, 0.3) is 0 Å². The third kappa shape index (κ3) is 15.5. The van der Waals surface area contributed by atoms with Gasteiger partial charge in [0.15, 0.2) is 0 Å². The fourth-order valence-electron chi connectivity index (χ4n) is 3.49. The quantitative estimate of drug-likeness (QED) is 0.256. The van der Waals surface area contributed by atoms with Crippen molar-refractivity contribution in [2.24, 2.45) is 0 Å². The number of pyridine rings is 1. The molecule has 1 aromatic rings. The molecule has 0 bridgehead atoms. The number of carbonyl (C=O) groups is 1. The van der Waals surface area contributed by atoms with E-state index >= 15 is 0 Å². The number of hydrogen-bond acceptors (Lipinski definition) is 2. The van der Waals surface area contributed by atoms with E-state index in [4.69, 9.17) is 0 Å². The van der Waals surface area contributed by atoms with Crippen LogP contribution in [-0.2, 0) is 0 Å². The zero-order valence-electron chi connectivity index (χ0n) is 18.2. The molecule has 0 aliphatic carbocycles. The van der Waals surface area contributed by atoms with Gasteiger partial charge in [-0.15, -0.1) is 0 Å². The molecule has 0 saturated carbocycles. The highest BCUT2D eigenvalue weighted by Crippen LogP contribution is 2.13. The molecule has 0 aliphatic rings. The number of nitrogens with one attached hydrogen (secondary N) is 2. The number of hydrogen-bond donors (Lipinski definition) is 2. The molecule has 0 spiro atoms. The number of anilines is 1. The minimum Gasteiger partial charge on any atom is -0.338 e. The molecule has 4 nitrogen and oxygen atoms in total. The van der Waals surface area contributed by atoms with Crippen molar-refractivity contribution in [2.45, 2.75) is 110 Å². The topological polar surface area (TPSA) is 54.0 Å². The first kappa shape index (κ1) is 24.5. The van der Waals surface area contributed by atoms with Crippen LogP contribution < -0.4 is 10.6 Å². The lowest BCUT2D eigenvalue weighted by Gasteiger charge is -2.07. The molecular formula is C24H43N3O. The molecule has 160 valence electrons. The minimum absolute atomic E-state index is 0.132. The summed E-state index contributed by atoms with van der Waals surface area (Å²) >= 11 is 0. The fourth-order valence-corrected chi connectivity index (χ4v) is 3.49. The third-order valence-electron chi connectivity index (χ3n) is 5.25. The lowest BCUT2D eigenvalue weighted by Crippen LogP contribution is -2.29. The van der Waals surface area contributed by atoms with Gasteiger partial charge in [0.1, 0.15) is 0 Å². The van der Waals surface area contributed by atoms with Crippen LogP contribution in [0.1, 0.15) is 110 Å². The van der Waals surface area contributed by atoms with E-state index in [0.717, 1.165) is 18.7 Å². The first-order chi connectivity index (χ1) is 13.8. The van der Waals surface area contributed by atoms with Crippen LogP contribution in [0.3, 0.4) is 0 Å². The van der Waals surface area contributed by atoms with Crippen molar-refractivity contribution < 1.29 is 4.79 Å². The number of carbonyl (C=O) groups excluding carboxylic acids is 1. The Labute approximate surface area is 173 Å². The molecule has 1 rings (SSSR count). The molecule has 1 aromatic heterocycles. The van der Waals surface area contributed by atoms with Crippen molar-refractivity contribution in [1.29, 1.82) is 0 Å². The molecule has 2 amide bonds. The van der Waals surface area contributed by atoms with Crippen molar-refractivity contribution in [1.82, 2.24) is 10.3 Å². The molecule has 28 heavy (non-hydrogen) atoms. The average molecular weight is 390 g/mol. The summed E-state index contributed by atoms with van der Waals surface area (Å²) in [6.45, 7) is 3.03. The number of urea groups is 1. The second-order valence-electron chi connectivity index (χ2n) is 7.92. The second kappa shape index (κ2) is 18.8. The van der Waals surface area contributed by atoms with Crippen molar-refractivity contribution in [3.63, 3.8) is 0 Å². The molecule has 0 saturated heterocycles. The summed E-state index contributed by atoms with van der Waals surface area (Å²) in [7, 11) is 0. The number of nitrogens with zero attached hydrogens (tertiary/aromatic N) is 1. The van der Waals surface area contributed by atoms with E-state index in [1.165, 1.54) is 96.3 Å². The maximum atomic E-state index is 11.7. The van der Waals surface area contributed by atoms with Gasteiger partial charge >= 0.3 is 6.03 Å². The zero-order chi connectivity index (χ0) is 20.1. The third-order valence-corrected chi connectivity index (χ3v) is 5.25. The SMILES string of the molecule is CCCCCCCCCCCCCCCCCCNC(=O)Nc1ccncc1. The van der Waals surface area contributed by atoms with Gasteiger partial charge < -0.3 is 10.6 Å². The maximum absolute atomic E-state index is 11.7. The highest BCUT2D eigenvalue weighted by Gasteiger charge is 2.00. The monoisotopic (exact) mass is 389 g/mol. The Bertz CT molecular complexity index is 464. The molecular weight excluding hydrogens is 346 g/mol. The minimum atomic E-state index is -0.132. The van der Waals surface area contributed by atoms with E-state index in [2.05, 4.69) is 22.5 Å². The number of amides is 2. The summed E-state index contributed by atoms with van der Waals surface area (Å²) in [5.74, 6) is 0. The van der Waals surface area contributed by atoms with E-state index in [1.54, 1.807) is 24.5 Å². The Kier molecular flexibility index (Phi) is 16.4. The normalized spacial score (nSPS) is 10.8. The van der Waals surface area contributed by atoms with Crippen LogP contribution in [0.2, 0.25) is 0 Å². The van der Waals surface area contributed by atoms with Crippen LogP contribution in [0.5, 0.6) is 0 Å². The van der Waals surface area contributed by atoms with Gasteiger partial charge in [-0.1, -0.05) is 103 Å². The number of rotatable bonds is 18. The Morgan fingerprint density at radius 1 is 0.714 bits per heavy atom. The van der Waals surface area contributed by atoms with E-state index in [-0.39, 0.29) is 6.03 Å². The summed E-state index contributed by atoms with van der Waals surface area (Å²) < 4.78 is 0. The van der Waals surface area contributed by atoms with E-state index in [9.17, 15) is 4.79 Å². The Morgan fingerprint density at radius 2 is 1.14 bits per heavy atom. The smallest absolute Gasteiger partial charge is 0.319 e. The molecule has 1 heterocycles. The van der Waals surface area contributed by atoms with Gasteiger partial charge in [0.2, 0.25) is 0 Å². The summed E-state index contributed by atoms with van der Waals surface area (Å²) in [6.07, 6.45) is 25.2. The van der Waals surface area contributed by atoms with Crippen molar-refractivity contribution >= 4 is 11.7 Å². The Balaban J connectivity index is 1.74. The standard InChI is InChI=1S/C24H43N3O/c1-2-3-4-5-6-7-8-9-10-11-12-13-14-15-16-17-20-26-24(28)27-23-18-21-25-22-19-23/h18-19,21-22H,2-17,20H2,1H3,(H2,25,26,27,28). The lowest BCUT2D eigenvalue weighted by molar-refractivity contribution is 0.252. The van der Waals surface area contributed by atoms with Gasteiger partial charge in [-0.3, -0.25) is 4.98 Å². The van der Waals surface area contributed by atoms with Gasteiger partial charge in [-0.2, -0.15) is 0 Å². The molecule has 2 N–H and O–H groups in total. The highest BCUT2D eigenvalue weighted by atomic mass is 16.2. The van der Waals surface area contributed by atoms with Gasteiger partial charge in [0.05, 0.1) is 0 Å². The van der Waals surface area contributed by atoms with Crippen molar-refractivity contribution in [3.8, 4) is 0 Å². The molecule has 0 aliphatic heterocycles. The summed E-state index contributed by atoms with van der Waals surface area (Å²) in [5, 5.41) is 5.72. The Morgan fingerprint density at radius 3 is 1.61 bits per heavy atom. The zero-order valence-corrected chi connectivity index (χ0v) is 18.2. The molecule has 0 unspecified atom stereocenters. The fraction of sp³-hybridized carbons (Fsp3) is 0.750. The first-order valence-corrected chi connectivity index (χ1v) is 11.8. The molecule has 0 radical (unpaired) electrons. The van der Waals surface area contributed by atoms with Crippen LogP contribution in [0.15, 0.2) is 24.5 Å². The average Bonchev–Trinajstić information content (AvgIpc) is 2.71. The Hall–Kier alpha value is -1.58. The molecule has 0 atom stereocenters. The van der Waals surface area contributed by atoms with Crippen LogP contribution >= 0.6 is 0 Å². The molecule has 0 aromatic carbocycles. The first-order valence-electron chi connectivity index (χ1n) is 11.8. The van der Waals surface area contributed by atoms with Crippen LogP contribution in [0, 0.1) is 0 Å². The van der Waals surface area contributed by atoms with Crippen LogP contribution in [-0.4, -0.2) is 17.6 Å². The predicted molar refractivity (Wildman–Crippen MR) is 121 cm³/mol. The summed E-state index contributed by atoms with van der Waals surface area (Å²) in [6, 6.07) is 3.44. The molecule has 0 fully saturated rings. The van der Waals surface area contributed by atoms with E-state index < -0.39 is 0 Å². The number of aromatic nitrogens is 1. The largest absolute Gasteiger partial charge is 0.338 e.